The molecule has 2 rings (SSSR count). The average Bonchev–Trinajstić information content (AvgIpc) is 2.67. The van der Waals surface area contributed by atoms with Gasteiger partial charge in [-0.05, 0) is 17.0 Å². The number of carbonyl (C=O) groups is 1. The standard InChI is InChI=1S/C22H30N2O3.ClH/c1-18(2)15-24(22(26)27-17-20-11-7-4-8-12-20)16-21(25)14-23-13-19-9-5-3-6-10-19;/h3-12,18,21,23,25H,13-17H2,1-2H3;1H. The molecule has 0 saturated heterocycles. The van der Waals surface area contributed by atoms with Gasteiger partial charge in [0.15, 0.2) is 0 Å². The molecule has 0 aliphatic carbocycles. The van der Waals surface area contributed by atoms with Gasteiger partial charge in [0.1, 0.15) is 6.61 Å². The van der Waals surface area contributed by atoms with Crippen LogP contribution in [-0.2, 0) is 17.9 Å². The highest BCUT2D eigenvalue weighted by molar-refractivity contribution is 5.85. The molecule has 0 saturated carbocycles. The van der Waals surface area contributed by atoms with Gasteiger partial charge in [-0.2, -0.15) is 0 Å². The lowest BCUT2D eigenvalue weighted by Crippen LogP contribution is -2.43. The number of nitrogens with zero attached hydrogens (tertiary/aromatic N) is 1. The summed E-state index contributed by atoms with van der Waals surface area (Å²) in [5, 5.41) is 13.6. The Bertz CT molecular complexity index is 668. The van der Waals surface area contributed by atoms with Crippen LogP contribution >= 0.6 is 12.4 Å². The van der Waals surface area contributed by atoms with E-state index in [4.69, 9.17) is 4.74 Å². The number of nitrogens with one attached hydrogen (secondary N) is 1. The molecule has 6 heteroatoms. The van der Waals surface area contributed by atoms with Crippen LogP contribution in [0.1, 0.15) is 25.0 Å². The van der Waals surface area contributed by atoms with Crippen LogP contribution < -0.4 is 5.32 Å². The average molecular weight is 407 g/mol. The third-order valence-electron chi connectivity index (χ3n) is 4.03. The molecular formula is C22H31ClN2O3. The van der Waals surface area contributed by atoms with Crippen LogP contribution in [0.15, 0.2) is 60.7 Å². The van der Waals surface area contributed by atoms with Crippen LogP contribution in [0.3, 0.4) is 0 Å². The Morgan fingerprint density at radius 2 is 1.57 bits per heavy atom. The van der Waals surface area contributed by atoms with Crippen LogP contribution in [0.4, 0.5) is 4.79 Å². The van der Waals surface area contributed by atoms with E-state index in [-0.39, 0.29) is 25.6 Å². The Balaban J connectivity index is 0.00000392. The van der Waals surface area contributed by atoms with Gasteiger partial charge in [0.25, 0.3) is 0 Å². The van der Waals surface area contributed by atoms with Gasteiger partial charge >= 0.3 is 6.09 Å². The second kappa shape index (κ2) is 13.2. The van der Waals surface area contributed by atoms with Gasteiger partial charge < -0.3 is 20.1 Å². The monoisotopic (exact) mass is 406 g/mol. The summed E-state index contributed by atoms with van der Waals surface area (Å²) in [5.74, 6) is 0.291. The largest absolute Gasteiger partial charge is 0.445 e. The molecule has 0 aromatic heterocycles. The van der Waals surface area contributed by atoms with Crippen molar-refractivity contribution < 1.29 is 14.6 Å². The summed E-state index contributed by atoms with van der Waals surface area (Å²) in [5.41, 5.74) is 2.10. The van der Waals surface area contributed by atoms with Crippen LogP contribution in [0.25, 0.3) is 0 Å². The molecule has 5 nitrogen and oxygen atoms in total. The molecule has 0 radical (unpaired) electrons. The normalized spacial score (nSPS) is 11.6. The van der Waals surface area contributed by atoms with Crippen molar-refractivity contribution in [3.05, 3.63) is 71.8 Å². The van der Waals surface area contributed by atoms with Gasteiger partial charge in [0, 0.05) is 19.6 Å². The zero-order chi connectivity index (χ0) is 19.5. The summed E-state index contributed by atoms with van der Waals surface area (Å²) in [6.07, 6.45) is -1.05. The lowest BCUT2D eigenvalue weighted by molar-refractivity contribution is 0.0641. The number of halogens is 1. The molecule has 0 spiro atoms. The molecule has 1 atom stereocenters. The minimum absolute atomic E-state index is 0. The van der Waals surface area contributed by atoms with Crippen molar-refractivity contribution >= 4 is 18.5 Å². The first-order chi connectivity index (χ1) is 13.0. The second-order valence-electron chi connectivity index (χ2n) is 7.11. The quantitative estimate of drug-likeness (QED) is 0.629. The SMILES string of the molecule is CC(C)CN(CC(O)CNCc1ccccc1)C(=O)OCc1ccccc1.Cl. The lowest BCUT2D eigenvalue weighted by atomic mass is 10.2. The molecular weight excluding hydrogens is 376 g/mol. The van der Waals surface area contributed by atoms with Crippen molar-refractivity contribution in [1.29, 1.82) is 0 Å². The molecule has 0 heterocycles. The molecule has 0 aliphatic heterocycles. The van der Waals surface area contributed by atoms with Crippen molar-refractivity contribution in [1.82, 2.24) is 10.2 Å². The number of carbonyl (C=O) groups excluding carboxylic acids is 1. The highest BCUT2D eigenvalue weighted by atomic mass is 35.5. The van der Waals surface area contributed by atoms with Gasteiger partial charge in [0.2, 0.25) is 0 Å². The van der Waals surface area contributed by atoms with Crippen molar-refractivity contribution in [2.75, 3.05) is 19.6 Å². The maximum absolute atomic E-state index is 12.5. The van der Waals surface area contributed by atoms with Crippen LogP contribution in [0, 0.1) is 5.92 Å². The molecule has 1 unspecified atom stereocenters. The van der Waals surface area contributed by atoms with E-state index in [1.165, 1.54) is 0 Å². The maximum atomic E-state index is 12.5. The van der Waals surface area contributed by atoms with Gasteiger partial charge in [0.05, 0.1) is 12.6 Å². The summed E-state index contributed by atoms with van der Waals surface area (Å²) < 4.78 is 5.42. The Morgan fingerprint density at radius 1 is 1.00 bits per heavy atom. The van der Waals surface area contributed by atoms with Gasteiger partial charge in [-0.25, -0.2) is 4.79 Å². The Kier molecular flexibility index (Phi) is 11.3. The third-order valence-corrected chi connectivity index (χ3v) is 4.03. The minimum atomic E-state index is -0.656. The van der Waals surface area contributed by atoms with Crippen LogP contribution in [-0.4, -0.2) is 41.8 Å². The van der Waals surface area contributed by atoms with Crippen molar-refractivity contribution in [3.63, 3.8) is 0 Å². The maximum Gasteiger partial charge on any atom is 0.410 e. The number of aliphatic hydroxyl groups excluding tert-OH is 1. The zero-order valence-corrected chi connectivity index (χ0v) is 17.4. The predicted octanol–water partition coefficient (Wildman–Crippen LogP) is 3.85. The number of aliphatic hydroxyl groups is 1. The molecule has 1 amide bonds. The minimum Gasteiger partial charge on any atom is -0.445 e. The summed E-state index contributed by atoms with van der Waals surface area (Å²) in [6, 6.07) is 19.6. The number of ether oxygens (including phenoxy) is 1. The molecule has 154 valence electrons. The van der Waals surface area contributed by atoms with Gasteiger partial charge in [-0.1, -0.05) is 74.5 Å². The van der Waals surface area contributed by atoms with Crippen molar-refractivity contribution in [2.24, 2.45) is 5.92 Å². The topological polar surface area (TPSA) is 61.8 Å². The summed E-state index contributed by atoms with van der Waals surface area (Å²) in [4.78, 5) is 14.0. The second-order valence-corrected chi connectivity index (χ2v) is 7.11. The Hall–Kier alpha value is -2.08. The van der Waals surface area contributed by atoms with E-state index < -0.39 is 12.2 Å². The van der Waals surface area contributed by atoms with Crippen molar-refractivity contribution in [2.45, 2.75) is 33.1 Å². The molecule has 0 bridgehead atoms. The number of hydrogen-bond donors (Lipinski definition) is 2. The van der Waals surface area contributed by atoms with E-state index in [2.05, 4.69) is 5.32 Å². The van der Waals surface area contributed by atoms with Crippen LogP contribution in [0.5, 0.6) is 0 Å². The van der Waals surface area contributed by atoms with Crippen LogP contribution in [0.2, 0.25) is 0 Å². The van der Waals surface area contributed by atoms with E-state index in [0.29, 0.717) is 25.6 Å². The molecule has 0 aliphatic rings. The molecule has 0 fully saturated rings. The van der Waals surface area contributed by atoms with Gasteiger partial charge in [-0.15, -0.1) is 12.4 Å². The molecule has 28 heavy (non-hydrogen) atoms. The number of hydrogen-bond acceptors (Lipinski definition) is 4. The first kappa shape index (κ1) is 24.0. The zero-order valence-electron chi connectivity index (χ0n) is 16.6. The van der Waals surface area contributed by atoms with Gasteiger partial charge in [-0.3, -0.25) is 0 Å². The summed E-state index contributed by atoms with van der Waals surface area (Å²) >= 11 is 0. The molecule has 2 aromatic carbocycles. The molecule has 2 N–H and O–H groups in total. The fraction of sp³-hybridized carbons (Fsp3) is 0.409. The fourth-order valence-corrected chi connectivity index (χ4v) is 2.77. The number of amides is 1. The molecule has 2 aromatic rings. The van der Waals surface area contributed by atoms with E-state index in [0.717, 1.165) is 11.1 Å². The summed E-state index contributed by atoms with van der Waals surface area (Å²) in [6.45, 7) is 6.19. The number of benzene rings is 2. The first-order valence-electron chi connectivity index (χ1n) is 9.43. The smallest absolute Gasteiger partial charge is 0.410 e. The van der Waals surface area contributed by atoms with E-state index in [1.807, 2.05) is 74.5 Å². The summed E-state index contributed by atoms with van der Waals surface area (Å²) in [7, 11) is 0. The van der Waals surface area contributed by atoms with E-state index >= 15 is 0 Å². The van der Waals surface area contributed by atoms with E-state index in [9.17, 15) is 9.90 Å². The Morgan fingerprint density at radius 3 is 2.14 bits per heavy atom. The van der Waals surface area contributed by atoms with Crippen molar-refractivity contribution in [3.8, 4) is 0 Å². The fourth-order valence-electron chi connectivity index (χ4n) is 2.77. The van der Waals surface area contributed by atoms with E-state index in [1.54, 1.807) is 4.90 Å². The Labute approximate surface area is 174 Å². The number of rotatable bonds is 10. The highest BCUT2D eigenvalue weighted by Crippen LogP contribution is 2.07. The lowest BCUT2D eigenvalue weighted by Gasteiger charge is -2.26. The third kappa shape index (κ3) is 9.22. The predicted molar refractivity (Wildman–Crippen MR) is 114 cm³/mol. The highest BCUT2D eigenvalue weighted by Gasteiger charge is 2.20. The first-order valence-corrected chi connectivity index (χ1v) is 9.43.